The van der Waals surface area contributed by atoms with Crippen LogP contribution in [0.2, 0.25) is 0 Å². The Labute approximate surface area is 301 Å². The van der Waals surface area contributed by atoms with Crippen molar-refractivity contribution in [3.8, 4) is 21.7 Å². The van der Waals surface area contributed by atoms with Crippen LogP contribution in [0.15, 0.2) is 54.4 Å². The third-order valence-corrected chi connectivity index (χ3v) is 11.6. The second-order valence-electron chi connectivity index (χ2n) is 13.1. The zero-order valence-corrected chi connectivity index (χ0v) is 33.5. The number of benzene rings is 1. The first-order valence-electron chi connectivity index (χ1n) is 16.2. The molecule has 0 fully saturated rings. The second kappa shape index (κ2) is 16.8. The topological polar surface area (TPSA) is 50.2 Å². The van der Waals surface area contributed by atoms with Crippen molar-refractivity contribution in [2.75, 3.05) is 0 Å². The Morgan fingerprint density at radius 1 is 0.891 bits per heavy atom. The molecule has 0 aliphatic carbocycles. The number of aromatic nitrogens is 1. The van der Waals surface area contributed by atoms with Gasteiger partial charge >= 0.3 is 0 Å². The Morgan fingerprint density at radius 2 is 1.52 bits per heavy atom. The molecule has 3 nitrogen and oxygen atoms in total. The number of aliphatic hydroxyl groups excluding tert-OH is 1. The number of hydrogen-bond donors (Lipinski definition) is 1. The van der Waals surface area contributed by atoms with Crippen molar-refractivity contribution >= 4 is 60.0 Å². The van der Waals surface area contributed by atoms with E-state index in [1.54, 1.807) is 0 Å². The summed E-state index contributed by atoms with van der Waals surface area (Å²) in [4.78, 5) is 21.9. The molecule has 46 heavy (non-hydrogen) atoms. The molecule has 0 aliphatic rings. The fourth-order valence-corrected chi connectivity index (χ4v) is 9.15. The number of ketones is 1. The van der Waals surface area contributed by atoms with Gasteiger partial charge in [-0.05, 0) is 94.3 Å². The maximum absolute atomic E-state index is 11.7. The summed E-state index contributed by atoms with van der Waals surface area (Å²) in [5.41, 5.74) is 3.66. The zero-order valence-electron chi connectivity index (χ0n) is 28.7. The summed E-state index contributed by atoms with van der Waals surface area (Å²) in [6.45, 7) is 19.3. The number of thiophene rings is 3. The molecule has 0 atom stereocenters. The molecule has 0 saturated heterocycles. The van der Waals surface area contributed by atoms with Crippen molar-refractivity contribution < 1.29 is 30.0 Å². The summed E-state index contributed by atoms with van der Waals surface area (Å²) < 4.78 is 2.72. The molecule has 1 radical (unpaired) electrons. The van der Waals surface area contributed by atoms with Gasteiger partial charge in [0.25, 0.3) is 0 Å². The first-order valence-corrected chi connectivity index (χ1v) is 18.7. The van der Waals surface area contributed by atoms with Gasteiger partial charge in [0.15, 0.2) is 5.78 Å². The number of allylic oxidation sites excluding steroid dienone is 2. The van der Waals surface area contributed by atoms with Crippen LogP contribution in [0, 0.1) is 37.2 Å². The van der Waals surface area contributed by atoms with Gasteiger partial charge in [0.05, 0.1) is 5.76 Å². The smallest absolute Gasteiger partial charge is 0.162 e. The number of pyridine rings is 1. The van der Waals surface area contributed by atoms with Crippen LogP contribution >= 0.6 is 34.0 Å². The van der Waals surface area contributed by atoms with E-state index < -0.39 is 0 Å². The van der Waals surface area contributed by atoms with Crippen molar-refractivity contribution in [2.24, 2.45) is 17.3 Å². The van der Waals surface area contributed by atoms with Crippen LogP contribution < -0.4 is 0 Å². The molecule has 0 aliphatic heterocycles. The molecular formula is C39H48IrNO2S3-. The van der Waals surface area contributed by atoms with E-state index in [0.29, 0.717) is 5.41 Å². The van der Waals surface area contributed by atoms with Gasteiger partial charge in [-0.3, -0.25) is 9.78 Å². The van der Waals surface area contributed by atoms with Crippen molar-refractivity contribution in [1.82, 2.24) is 4.98 Å². The monoisotopic (exact) mass is 851 g/mol. The van der Waals surface area contributed by atoms with Gasteiger partial charge in [-0.15, -0.1) is 28.9 Å². The predicted octanol–water partition coefficient (Wildman–Crippen LogP) is 12.8. The predicted molar refractivity (Wildman–Crippen MR) is 199 cm³/mol. The Hall–Kier alpha value is -2.15. The molecule has 4 aromatic heterocycles. The van der Waals surface area contributed by atoms with E-state index in [0.717, 1.165) is 43.4 Å². The van der Waals surface area contributed by atoms with E-state index in [2.05, 4.69) is 77.1 Å². The zero-order chi connectivity index (χ0) is 32.9. The van der Waals surface area contributed by atoms with Crippen molar-refractivity contribution in [3.63, 3.8) is 0 Å². The summed E-state index contributed by atoms with van der Waals surface area (Å²) >= 11 is 5.64. The van der Waals surface area contributed by atoms with Gasteiger partial charge in [-0.2, -0.15) is 22.7 Å². The van der Waals surface area contributed by atoms with Crippen molar-refractivity contribution in [2.45, 2.75) is 94.4 Å². The van der Waals surface area contributed by atoms with E-state index >= 15 is 0 Å². The number of carbonyl (C=O) groups is 1. The molecular weight excluding hydrogens is 803 g/mol. The standard InChI is InChI=1S/C26H24NS3.C13H24O2.Ir/c1-15-10-18-12-20(21-11-16(2)29-25(21)24(18)28-15)22-13-17(8-9-27-22)23-7-6-19(30-23)14-26(3,4)5;1-5-10(6-2)12(14)9-13(15)11(7-3)8-4;/h6-11,13H,14H2,1-5H3;9-11,14H,5-8H2,1-4H3;/q-1;;/b;12-9-;. The Bertz CT molecular complexity index is 1780. The van der Waals surface area contributed by atoms with Crippen molar-refractivity contribution in [1.29, 1.82) is 0 Å². The minimum atomic E-state index is 0. The van der Waals surface area contributed by atoms with Crippen LogP contribution in [0.4, 0.5) is 0 Å². The number of aliphatic hydroxyl groups is 1. The van der Waals surface area contributed by atoms with E-state index in [4.69, 9.17) is 4.98 Å². The number of fused-ring (bicyclic) bond motifs is 3. The normalized spacial score (nSPS) is 12.1. The summed E-state index contributed by atoms with van der Waals surface area (Å²) in [6.07, 6.45) is 7.95. The molecule has 5 rings (SSSR count). The van der Waals surface area contributed by atoms with Gasteiger partial charge in [-0.1, -0.05) is 71.5 Å². The van der Waals surface area contributed by atoms with Crippen molar-refractivity contribution in [3.05, 3.63) is 75.1 Å². The minimum absolute atomic E-state index is 0. The van der Waals surface area contributed by atoms with Crippen LogP contribution in [-0.2, 0) is 31.3 Å². The summed E-state index contributed by atoms with van der Waals surface area (Å²) in [5.74, 6) is 0.547. The number of hydrogen-bond acceptors (Lipinski definition) is 6. The Kier molecular flexibility index (Phi) is 14.0. The fourth-order valence-electron chi connectivity index (χ4n) is 5.70. The van der Waals surface area contributed by atoms with Crippen LogP contribution in [-0.4, -0.2) is 15.9 Å². The molecule has 1 N–H and O–H groups in total. The van der Waals surface area contributed by atoms with Gasteiger partial charge < -0.3 is 5.11 Å². The summed E-state index contributed by atoms with van der Waals surface area (Å²) in [5, 5.41) is 12.2. The maximum Gasteiger partial charge on any atom is 0.162 e. The van der Waals surface area contributed by atoms with E-state index in [1.807, 2.05) is 67.9 Å². The van der Waals surface area contributed by atoms with Crippen LogP contribution in [0.1, 0.15) is 88.8 Å². The number of aryl methyl sites for hydroxylation is 2. The minimum Gasteiger partial charge on any atom is -0.512 e. The first kappa shape index (κ1) is 38.3. The number of nitrogens with zero attached hydrogens (tertiary/aromatic N) is 1. The Balaban J connectivity index is 0.000000309. The van der Waals surface area contributed by atoms with E-state index in [-0.39, 0.29) is 43.5 Å². The SMILES string of the molecule is CCC(CC)C(=O)/C=C(\O)C(CC)CC.Cc1cc2[c-]c(-c3cc(-c4ccc(CC(C)(C)C)s4)ccn3)c3cc(C)sc3c2s1.[Ir]. The van der Waals surface area contributed by atoms with Crippen LogP contribution in [0.5, 0.6) is 0 Å². The van der Waals surface area contributed by atoms with E-state index in [1.165, 1.54) is 51.3 Å². The summed E-state index contributed by atoms with van der Waals surface area (Å²) in [6, 6.07) is 17.1. The molecule has 0 saturated carbocycles. The third kappa shape index (κ3) is 9.48. The molecule has 0 spiro atoms. The molecule has 5 aromatic rings. The van der Waals surface area contributed by atoms with E-state index in [9.17, 15) is 9.90 Å². The molecule has 0 unspecified atom stereocenters. The average Bonchev–Trinajstić information content (AvgIpc) is 3.71. The number of carbonyl (C=O) groups excluding carboxylic acids is 1. The molecule has 0 amide bonds. The van der Waals surface area contributed by atoms with Gasteiger partial charge in [-0.25, -0.2) is 0 Å². The fraction of sp³-hybridized carbons (Fsp3) is 0.436. The van der Waals surface area contributed by atoms with Gasteiger partial charge in [0.2, 0.25) is 0 Å². The second-order valence-corrected chi connectivity index (χ2v) is 16.8. The largest absolute Gasteiger partial charge is 0.512 e. The molecule has 4 heterocycles. The van der Waals surface area contributed by atoms with Gasteiger partial charge in [0.1, 0.15) is 0 Å². The average molecular weight is 851 g/mol. The quantitative estimate of drug-likeness (QED) is 0.0865. The number of rotatable bonds is 10. The van der Waals surface area contributed by atoms with Crippen LogP contribution in [0.25, 0.3) is 41.9 Å². The molecule has 1 aromatic carbocycles. The molecule has 7 heteroatoms. The first-order chi connectivity index (χ1) is 21.4. The molecule has 0 bridgehead atoms. The van der Waals surface area contributed by atoms with Crippen LogP contribution in [0.3, 0.4) is 0 Å². The maximum atomic E-state index is 11.7. The molecule has 249 valence electrons. The van der Waals surface area contributed by atoms with Gasteiger partial charge in [0, 0.05) is 59.7 Å². The Morgan fingerprint density at radius 3 is 2.15 bits per heavy atom. The third-order valence-electron chi connectivity index (χ3n) is 8.19. The summed E-state index contributed by atoms with van der Waals surface area (Å²) in [7, 11) is 0.